The SMILES string of the molecule is CC.CC.CCCCCC.CCCc1ccccc1.c1cncnc1. The summed E-state index contributed by atoms with van der Waals surface area (Å²) >= 11 is 0. The van der Waals surface area contributed by atoms with Crippen molar-refractivity contribution in [2.45, 2.75) is 87.0 Å². The molecule has 0 aliphatic rings. The topological polar surface area (TPSA) is 25.8 Å². The van der Waals surface area contributed by atoms with Crippen LogP contribution in [0.1, 0.15) is 86.1 Å². The van der Waals surface area contributed by atoms with Gasteiger partial charge in [0.15, 0.2) is 0 Å². The second-order valence-electron chi connectivity index (χ2n) is 4.85. The van der Waals surface area contributed by atoms with E-state index in [-0.39, 0.29) is 0 Å². The summed E-state index contributed by atoms with van der Waals surface area (Å²) in [6.45, 7) is 14.7. The molecule has 2 heteroatoms. The summed E-state index contributed by atoms with van der Waals surface area (Å²) in [6.07, 6.45) is 12.9. The van der Waals surface area contributed by atoms with Crippen LogP contribution < -0.4 is 0 Å². The van der Waals surface area contributed by atoms with E-state index >= 15 is 0 Å². The Morgan fingerprint density at radius 1 is 0.640 bits per heavy atom. The molecule has 0 aliphatic carbocycles. The fourth-order valence-corrected chi connectivity index (χ4v) is 1.69. The van der Waals surface area contributed by atoms with E-state index in [1.165, 1.54) is 50.4 Å². The zero-order valence-electron chi connectivity index (χ0n) is 17.8. The van der Waals surface area contributed by atoms with Crippen LogP contribution in [0.4, 0.5) is 0 Å². The summed E-state index contributed by atoms with van der Waals surface area (Å²) in [4.78, 5) is 7.35. The number of rotatable bonds is 5. The van der Waals surface area contributed by atoms with Crippen LogP contribution in [-0.4, -0.2) is 9.97 Å². The number of benzene rings is 1. The molecule has 1 aromatic heterocycles. The molecule has 0 radical (unpaired) electrons. The third-order valence-corrected chi connectivity index (χ3v) is 2.82. The molecule has 0 aliphatic heterocycles. The lowest BCUT2D eigenvalue weighted by Gasteiger charge is -1.93. The highest BCUT2D eigenvalue weighted by atomic mass is 14.8. The Kier molecular flexibility index (Phi) is 34.0. The lowest BCUT2D eigenvalue weighted by molar-refractivity contribution is 0.702. The molecular formula is C23H42N2. The third kappa shape index (κ3) is 27.4. The predicted octanol–water partition coefficient (Wildman–Crippen LogP) is 7.75. The maximum Gasteiger partial charge on any atom is 0.115 e. The van der Waals surface area contributed by atoms with Crippen LogP contribution in [0.25, 0.3) is 0 Å². The van der Waals surface area contributed by atoms with Gasteiger partial charge in [0.25, 0.3) is 0 Å². The Hall–Kier alpha value is -1.70. The molecular weight excluding hydrogens is 304 g/mol. The monoisotopic (exact) mass is 346 g/mol. The van der Waals surface area contributed by atoms with Crippen molar-refractivity contribution in [1.82, 2.24) is 9.97 Å². The summed E-state index contributed by atoms with van der Waals surface area (Å²) < 4.78 is 0. The Labute approximate surface area is 158 Å². The van der Waals surface area contributed by atoms with Crippen molar-refractivity contribution in [2.75, 3.05) is 0 Å². The number of unbranched alkanes of at least 4 members (excludes halogenated alkanes) is 3. The van der Waals surface area contributed by atoms with Gasteiger partial charge >= 0.3 is 0 Å². The van der Waals surface area contributed by atoms with Gasteiger partial charge in [-0.1, -0.05) is 111 Å². The molecule has 2 aromatic rings. The van der Waals surface area contributed by atoms with Crippen molar-refractivity contribution in [3.8, 4) is 0 Å². The van der Waals surface area contributed by atoms with E-state index in [4.69, 9.17) is 0 Å². The van der Waals surface area contributed by atoms with Crippen LogP contribution in [-0.2, 0) is 6.42 Å². The Bertz CT molecular complexity index is 357. The van der Waals surface area contributed by atoms with Crippen LogP contribution in [0.3, 0.4) is 0 Å². The lowest BCUT2D eigenvalue weighted by Crippen LogP contribution is -1.78. The van der Waals surface area contributed by atoms with Gasteiger partial charge in [0, 0.05) is 12.4 Å². The van der Waals surface area contributed by atoms with Gasteiger partial charge in [-0.15, -0.1) is 0 Å². The van der Waals surface area contributed by atoms with Crippen LogP contribution in [0.15, 0.2) is 55.1 Å². The van der Waals surface area contributed by atoms with Crippen molar-refractivity contribution >= 4 is 0 Å². The van der Waals surface area contributed by atoms with Crippen molar-refractivity contribution in [3.63, 3.8) is 0 Å². The molecule has 0 bridgehead atoms. The van der Waals surface area contributed by atoms with Crippen molar-refractivity contribution in [1.29, 1.82) is 0 Å². The quantitative estimate of drug-likeness (QED) is 0.517. The van der Waals surface area contributed by atoms with E-state index in [1.807, 2.05) is 27.7 Å². The van der Waals surface area contributed by atoms with E-state index in [9.17, 15) is 0 Å². The number of hydrogen-bond acceptors (Lipinski definition) is 2. The Balaban J connectivity index is -0.000000270. The van der Waals surface area contributed by atoms with Gasteiger partial charge in [-0.25, -0.2) is 9.97 Å². The molecule has 0 N–H and O–H groups in total. The van der Waals surface area contributed by atoms with Gasteiger partial charge in [0.2, 0.25) is 0 Å². The van der Waals surface area contributed by atoms with E-state index in [1.54, 1.807) is 18.5 Å². The lowest BCUT2D eigenvalue weighted by atomic mass is 10.1. The van der Waals surface area contributed by atoms with Crippen LogP contribution in [0.5, 0.6) is 0 Å². The maximum atomic E-state index is 3.67. The van der Waals surface area contributed by atoms with Crippen LogP contribution in [0.2, 0.25) is 0 Å². The number of nitrogens with zero attached hydrogens (tertiary/aromatic N) is 2. The van der Waals surface area contributed by atoms with Crippen molar-refractivity contribution < 1.29 is 0 Å². The first-order valence-electron chi connectivity index (χ1n) is 10.1. The molecule has 0 saturated heterocycles. The summed E-state index contributed by atoms with van der Waals surface area (Å²) in [7, 11) is 0. The zero-order chi connectivity index (χ0) is 19.6. The highest BCUT2D eigenvalue weighted by molar-refractivity contribution is 5.14. The second kappa shape index (κ2) is 30.2. The predicted molar refractivity (Wildman–Crippen MR) is 115 cm³/mol. The molecule has 0 saturated carbocycles. The van der Waals surface area contributed by atoms with E-state index in [0.29, 0.717) is 0 Å². The number of aromatic nitrogens is 2. The minimum absolute atomic E-state index is 1.21. The molecule has 1 aromatic carbocycles. The average Bonchev–Trinajstić information content (AvgIpc) is 2.73. The molecule has 0 spiro atoms. The summed E-state index contributed by atoms with van der Waals surface area (Å²) in [6, 6.07) is 12.3. The zero-order valence-corrected chi connectivity index (χ0v) is 17.8. The van der Waals surface area contributed by atoms with Gasteiger partial charge in [0.1, 0.15) is 6.33 Å². The van der Waals surface area contributed by atoms with Crippen molar-refractivity contribution in [3.05, 3.63) is 60.7 Å². The highest BCUT2D eigenvalue weighted by Crippen LogP contribution is 2.00. The second-order valence-corrected chi connectivity index (χ2v) is 4.85. The maximum absolute atomic E-state index is 3.67. The largest absolute Gasteiger partial charge is 0.245 e. The van der Waals surface area contributed by atoms with E-state index in [2.05, 4.69) is 61.1 Å². The standard InChI is InChI=1S/C9H12.C6H14.C4H4N2.2C2H6/c1-2-6-9-7-4-3-5-8-9;1-3-5-6-4-2;1-2-5-4-6-3-1;2*1-2/h3-5,7-8H,2,6H2,1H3;3-6H2,1-2H3;1-4H;2*1-2H3. The minimum atomic E-state index is 1.21. The molecule has 0 atom stereocenters. The van der Waals surface area contributed by atoms with Crippen molar-refractivity contribution in [2.24, 2.45) is 0 Å². The van der Waals surface area contributed by atoms with Crippen LogP contribution in [0, 0.1) is 0 Å². The van der Waals surface area contributed by atoms with Gasteiger partial charge in [0.05, 0.1) is 0 Å². The highest BCUT2D eigenvalue weighted by Gasteiger charge is 1.84. The first-order valence-corrected chi connectivity index (χ1v) is 10.1. The fourth-order valence-electron chi connectivity index (χ4n) is 1.69. The van der Waals surface area contributed by atoms with Crippen LogP contribution >= 0.6 is 0 Å². The average molecular weight is 347 g/mol. The molecule has 2 nitrogen and oxygen atoms in total. The van der Waals surface area contributed by atoms with Gasteiger partial charge in [-0.3, -0.25) is 0 Å². The molecule has 0 amide bonds. The van der Waals surface area contributed by atoms with Gasteiger partial charge in [-0.05, 0) is 18.1 Å². The normalized spacial score (nSPS) is 7.96. The van der Waals surface area contributed by atoms with E-state index < -0.39 is 0 Å². The number of hydrogen-bond donors (Lipinski definition) is 0. The summed E-state index contributed by atoms with van der Waals surface area (Å²) in [5.74, 6) is 0. The molecule has 0 fully saturated rings. The molecule has 0 unspecified atom stereocenters. The first kappa shape index (κ1) is 28.1. The van der Waals surface area contributed by atoms with E-state index in [0.717, 1.165) is 0 Å². The molecule has 25 heavy (non-hydrogen) atoms. The molecule has 2 rings (SSSR count). The first-order chi connectivity index (χ1) is 12.3. The minimum Gasteiger partial charge on any atom is -0.245 e. The Morgan fingerprint density at radius 2 is 1.12 bits per heavy atom. The molecule has 144 valence electrons. The van der Waals surface area contributed by atoms with Gasteiger partial charge < -0.3 is 0 Å². The fraction of sp³-hybridized carbons (Fsp3) is 0.565. The summed E-state index contributed by atoms with van der Waals surface area (Å²) in [5.41, 5.74) is 1.44. The smallest absolute Gasteiger partial charge is 0.115 e. The Morgan fingerprint density at radius 3 is 1.40 bits per heavy atom. The summed E-state index contributed by atoms with van der Waals surface area (Å²) in [5, 5.41) is 0. The molecule has 1 heterocycles. The number of aryl methyl sites for hydroxylation is 1. The third-order valence-electron chi connectivity index (χ3n) is 2.82. The van der Waals surface area contributed by atoms with Gasteiger partial charge in [-0.2, -0.15) is 0 Å².